The molecule has 6 nitrogen and oxygen atoms in total. The van der Waals surface area contributed by atoms with Gasteiger partial charge < -0.3 is 24.5 Å². The number of fused-ring (bicyclic) bond motifs is 4. The van der Waals surface area contributed by atoms with Gasteiger partial charge in [-0.3, -0.25) is 4.98 Å². The Morgan fingerprint density at radius 1 is 1.10 bits per heavy atom. The van der Waals surface area contributed by atoms with Gasteiger partial charge in [0.2, 0.25) is 0 Å². The number of aliphatic hydroxyl groups is 1. The molecule has 2 aliphatic carbocycles. The smallest absolute Gasteiger partial charge is 0.183 e. The number of hydrogen-bond donors (Lipinski definition) is 2. The quantitative estimate of drug-likeness (QED) is 0.656. The highest BCUT2D eigenvalue weighted by Gasteiger charge is 2.70. The summed E-state index contributed by atoms with van der Waals surface area (Å²) in [5.74, 6) is 2.57. The summed E-state index contributed by atoms with van der Waals surface area (Å²) in [6, 6.07) is 13.1. The van der Waals surface area contributed by atoms with Crippen molar-refractivity contribution in [2.75, 3.05) is 13.2 Å². The van der Waals surface area contributed by atoms with Crippen molar-refractivity contribution in [1.29, 1.82) is 0 Å². The third-order valence-electron chi connectivity index (χ3n) is 7.86. The second-order valence-electron chi connectivity index (χ2n) is 9.26. The molecule has 30 heavy (non-hydrogen) atoms. The van der Waals surface area contributed by atoms with Crippen molar-refractivity contribution < 1.29 is 14.6 Å². The number of rotatable bonds is 4. The van der Waals surface area contributed by atoms with Crippen molar-refractivity contribution in [1.82, 2.24) is 14.9 Å². The number of aromatic nitrogens is 2. The maximum atomic E-state index is 11.1. The topological polar surface area (TPSA) is 68.5 Å². The fraction of sp³-hybridized carbons (Fsp3) is 0.458. The van der Waals surface area contributed by atoms with Crippen LogP contribution in [-0.2, 0) is 9.47 Å². The van der Waals surface area contributed by atoms with Crippen LogP contribution in [0.5, 0.6) is 0 Å². The van der Waals surface area contributed by atoms with Crippen LogP contribution in [0.1, 0.15) is 18.3 Å². The van der Waals surface area contributed by atoms with E-state index < -0.39 is 6.29 Å². The Labute approximate surface area is 174 Å². The van der Waals surface area contributed by atoms with Gasteiger partial charge in [-0.05, 0) is 42.4 Å². The third-order valence-corrected chi connectivity index (χ3v) is 7.86. The van der Waals surface area contributed by atoms with E-state index in [1.54, 1.807) is 6.20 Å². The van der Waals surface area contributed by atoms with Gasteiger partial charge in [-0.1, -0.05) is 18.2 Å². The highest BCUT2D eigenvalue weighted by atomic mass is 16.6. The monoisotopic (exact) mass is 403 g/mol. The summed E-state index contributed by atoms with van der Waals surface area (Å²) in [5, 5.41) is 15.9. The number of hydrogen-bond acceptors (Lipinski definition) is 5. The molecule has 2 N–H and O–H groups in total. The van der Waals surface area contributed by atoms with Crippen molar-refractivity contribution in [3.05, 3.63) is 60.6 Å². The number of nitrogens with one attached hydrogen (secondary N) is 1. The Bertz CT molecular complexity index is 1100. The van der Waals surface area contributed by atoms with Crippen LogP contribution in [-0.4, -0.2) is 46.1 Å². The number of para-hydroxylation sites is 1. The molecule has 7 rings (SSSR count). The molecule has 6 heteroatoms. The SMILES string of the molecule is OC(OC1CC2NC3COCC3C3C2C13)c1cn(-c2cccnc2)c2ccccc12. The van der Waals surface area contributed by atoms with E-state index in [0.717, 1.165) is 41.8 Å². The van der Waals surface area contributed by atoms with Gasteiger partial charge in [-0.15, -0.1) is 0 Å². The summed E-state index contributed by atoms with van der Waals surface area (Å²) in [7, 11) is 0. The first-order chi connectivity index (χ1) is 14.8. The maximum absolute atomic E-state index is 11.1. The molecular weight excluding hydrogens is 378 g/mol. The summed E-state index contributed by atoms with van der Waals surface area (Å²) in [5.41, 5.74) is 2.84. The lowest BCUT2D eigenvalue weighted by Crippen LogP contribution is -2.49. The lowest BCUT2D eigenvalue weighted by Gasteiger charge is -2.34. The predicted molar refractivity (Wildman–Crippen MR) is 111 cm³/mol. The predicted octanol–water partition coefficient (Wildman–Crippen LogP) is 2.65. The van der Waals surface area contributed by atoms with Crippen LogP contribution < -0.4 is 5.32 Å². The highest BCUT2D eigenvalue weighted by Crippen LogP contribution is 2.65. The minimum absolute atomic E-state index is 0.106. The molecule has 154 valence electrons. The fourth-order valence-corrected chi connectivity index (χ4v) is 6.63. The van der Waals surface area contributed by atoms with Gasteiger partial charge in [-0.2, -0.15) is 0 Å². The van der Waals surface area contributed by atoms with Gasteiger partial charge in [0.1, 0.15) is 0 Å². The average Bonchev–Trinajstić information content (AvgIpc) is 3.07. The summed E-state index contributed by atoms with van der Waals surface area (Å²) < 4.78 is 14.1. The van der Waals surface area contributed by atoms with Crippen LogP contribution in [0.3, 0.4) is 0 Å². The van der Waals surface area contributed by atoms with Gasteiger partial charge in [0.05, 0.1) is 36.7 Å². The van der Waals surface area contributed by atoms with E-state index in [0.29, 0.717) is 35.8 Å². The molecule has 0 amide bonds. The molecule has 0 radical (unpaired) electrons. The third kappa shape index (κ3) is 2.42. The number of nitrogens with zero attached hydrogens (tertiary/aromatic N) is 2. The van der Waals surface area contributed by atoms with E-state index in [2.05, 4.69) is 27.0 Å². The van der Waals surface area contributed by atoms with Crippen molar-refractivity contribution >= 4 is 10.9 Å². The molecule has 2 saturated carbocycles. The molecule has 2 aromatic heterocycles. The second kappa shape index (κ2) is 6.37. The van der Waals surface area contributed by atoms with Crippen LogP contribution in [0.2, 0.25) is 0 Å². The van der Waals surface area contributed by atoms with Gasteiger partial charge in [-0.25, -0.2) is 0 Å². The van der Waals surface area contributed by atoms with Crippen LogP contribution in [0.25, 0.3) is 16.6 Å². The summed E-state index contributed by atoms with van der Waals surface area (Å²) >= 11 is 0. The first-order valence-corrected chi connectivity index (χ1v) is 11.0. The standard InChI is InChI=1S/C24H25N3O3/c28-24(30-20-8-17-22-21(23(20)22)16-11-29-12-18(16)26-17)15-10-27(13-4-3-7-25-9-13)19-6-2-1-5-14(15)19/h1-7,9-10,16-18,20-24,26,28H,8,11-12H2. The largest absolute Gasteiger partial charge is 0.379 e. The molecule has 8 unspecified atom stereocenters. The fourth-order valence-electron chi connectivity index (χ4n) is 6.63. The molecule has 8 atom stereocenters. The van der Waals surface area contributed by atoms with Crippen molar-refractivity contribution in [3.63, 3.8) is 0 Å². The zero-order valence-corrected chi connectivity index (χ0v) is 16.6. The van der Waals surface area contributed by atoms with Crippen LogP contribution in [0, 0.1) is 23.7 Å². The van der Waals surface area contributed by atoms with Crippen LogP contribution in [0.4, 0.5) is 0 Å². The lowest BCUT2D eigenvalue weighted by atomic mass is 9.86. The average molecular weight is 403 g/mol. The van der Waals surface area contributed by atoms with E-state index in [1.807, 2.05) is 36.7 Å². The molecular formula is C24H25N3O3. The summed E-state index contributed by atoms with van der Waals surface area (Å²) in [6.45, 7) is 1.72. The Kier molecular flexibility index (Phi) is 3.70. The number of pyridine rings is 1. The molecule has 4 aliphatic rings. The molecule has 4 heterocycles. The first-order valence-electron chi connectivity index (χ1n) is 11.0. The maximum Gasteiger partial charge on any atom is 0.183 e. The van der Waals surface area contributed by atoms with E-state index in [9.17, 15) is 5.11 Å². The van der Waals surface area contributed by atoms with Gasteiger partial charge >= 0.3 is 0 Å². The Morgan fingerprint density at radius 3 is 2.93 bits per heavy atom. The minimum atomic E-state index is -0.937. The van der Waals surface area contributed by atoms with E-state index >= 15 is 0 Å². The number of aliphatic hydroxyl groups excluding tert-OH is 1. The Hall–Kier alpha value is -2.25. The molecule has 2 saturated heterocycles. The van der Waals surface area contributed by atoms with E-state index in [4.69, 9.17) is 9.47 Å². The highest BCUT2D eigenvalue weighted by molar-refractivity contribution is 5.85. The second-order valence-corrected chi connectivity index (χ2v) is 9.26. The zero-order valence-electron chi connectivity index (χ0n) is 16.6. The summed E-state index contributed by atoms with van der Waals surface area (Å²) in [6.07, 6.45) is 5.75. The molecule has 0 bridgehead atoms. The molecule has 3 aromatic rings. The Morgan fingerprint density at radius 2 is 2.03 bits per heavy atom. The van der Waals surface area contributed by atoms with Gasteiger partial charge in [0.15, 0.2) is 6.29 Å². The normalized spacial score (nSPS) is 37.2. The number of ether oxygens (including phenoxy) is 2. The lowest BCUT2D eigenvalue weighted by molar-refractivity contribution is -0.146. The number of piperidine rings is 1. The molecule has 4 fully saturated rings. The van der Waals surface area contributed by atoms with Crippen LogP contribution in [0.15, 0.2) is 55.0 Å². The molecule has 1 aromatic carbocycles. The van der Waals surface area contributed by atoms with Crippen molar-refractivity contribution in [3.8, 4) is 5.69 Å². The Balaban J connectivity index is 1.18. The van der Waals surface area contributed by atoms with Gasteiger partial charge in [0, 0.05) is 41.3 Å². The minimum Gasteiger partial charge on any atom is -0.379 e. The van der Waals surface area contributed by atoms with Crippen LogP contribution >= 0.6 is 0 Å². The van der Waals surface area contributed by atoms with Gasteiger partial charge in [0.25, 0.3) is 0 Å². The van der Waals surface area contributed by atoms with Crippen molar-refractivity contribution in [2.45, 2.75) is 30.9 Å². The molecule has 0 spiro atoms. The van der Waals surface area contributed by atoms with E-state index in [1.165, 1.54) is 0 Å². The summed E-state index contributed by atoms with van der Waals surface area (Å²) in [4.78, 5) is 4.25. The molecule has 2 aliphatic heterocycles. The number of benzene rings is 1. The zero-order chi connectivity index (χ0) is 19.8. The van der Waals surface area contributed by atoms with Crippen molar-refractivity contribution in [2.24, 2.45) is 23.7 Å². The van der Waals surface area contributed by atoms with E-state index in [-0.39, 0.29) is 6.10 Å². The first kappa shape index (κ1) is 17.4.